The molecule has 5 nitrogen and oxygen atoms in total. The molecule has 5 heteroatoms. The molecule has 0 amide bonds. The molecule has 1 aromatic carbocycles. The lowest BCUT2D eigenvalue weighted by Crippen LogP contribution is -2.39. The summed E-state index contributed by atoms with van der Waals surface area (Å²) in [5.41, 5.74) is 1.34. The van der Waals surface area contributed by atoms with Crippen molar-refractivity contribution in [1.29, 1.82) is 0 Å². The maximum absolute atomic E-state index is 11.0. The van der Waals surface area contributed by atoms with Crippen LogP contribution in [0.1, 0.15) is 37.7 Å². The molecule has 1 unspecified atom stereocenters. The van der Waals surface area contributed by atoms with Gasteiger partial charge in [-0.2, -0.15) is 0 Å². The van der Waals surface area contributed by atoms with Gasteiger partial charge >= 0.3 is 5.97 Å². The first kappa shape index (κ1) is 17.8. The zero-order chi connectivity index (χ0) is 16.5. The number of hydrogen-bond acceptors (Lipinski definition) is 4. The summed E-state index contributed by atoms with van der Waals surface area (Å²) in [5, 5.41) is 12.0. The SMILES string of the molecule is COc1ccc(CCCCCCOC2CCN[C@@H]2C(=O)O)cc1. The summed E-state index contributed by atoms with van der Waals surface area (Å²) in [6.07, 6.45) is 6.13. The maximum Gasteiger partial charge on any atom is 0.323 e. The highest BCUT2D eigenvalue weighted by Crippen LogP contribution is 2.15. The van der Waals surface area contributed by atoms with Gasteiger partial charge in [0, 0.05) is 6.61 Å². The number of ether oxygens (including phenoxy) is 2. The van der Waals surface area contributed by atoms with Crippen molar-refractivity contribution in [2.75, 3.05) is 20.3 Å². The van der Waals surface area contributed by atoms with Crippen molar-refractivity contribution in [2.24, 2.45) is 0 Å². The van der Waals surface area contributed by atoms with Gasteiger partial charge in [-0.1, -0.05) is 25.0 Å². The van der Waals surface area contributed by atoms with Gasteiger partial charge < -0.3 is 19.9 Å². The molecule has 2 rings (SSSR count). The third kappa shape index (κ3) is 5.84. The van der Waals surface area contributed by atoms with E-state index in [-0.39, 0.29) is 6.10 Å². The second-order valence-electron chi connectivity index (χ2n) is 5.98. The topological polar surface area (TPSA) is 67.8 Å². The molecule has 1 fully saturated rings. The Kier molecular flexibility index (Phi) is 7.36. The average molecular weight is 321 g/mol. The molecular formula is C18H27NO4. The fraction of sp³-hybridized carbons (Fsp3) is 0.611. The van der Waals surface area contributed by atoms with Gasteiger partial charge in [-0.25, -0.2) is 0 Å². The van der Waals surface area contributed by atoms with E-state index in [1.807, 2.05) is 12.1 Å². The van der Waals surface area contributed by atoms with Crippen molar-refractivity contribution < 1.29 is 19.4 Å². The zero-order valence-electron chi connectivity index (χ0n) is 13.8. The third-order valence-corrected chi connectivity index (χ3v) is 4.28. The number of nitrogens with one attached hydrogen (secondary N) is 1. The average Bonchev–Trinajstić information content (AvgIpc) is 3.03. The van der Waals surface area contributed by atoms with Crippen LogP contribution in [0.25, 0.3) is 0 Å². The van der Waals surface area contributed by atoms with Crippen molar-refractivity contribution in [3.05, 3.63) is 29.8 Å². The van der Waals surface area contributed by atoms with E-state index >= 15 is 0 Å². The first-order chi connectivity index (χ1) is 11.2. The molecule has 1 aliphatic rings. The van der Waals surface area contributed by atoms with Crippen LogP contribution in [0, 0.1) is 0 Å². The van der Waals surface area contributed by atoms with Gasteiger partial charge in [0.25, 0.3) is 0 Å². The normalized spacial score (nSPS) is 20.6. The lowest BCUT2D eigenvalue weighted by molar-refractivity contribution is -0.142. The fourth-order valence-electron chi connectivity index (χ4n) is 2.92. The number of carbonyl (C=O) groups is 1. The first-order valence-electron chi connectivity index (χ1n) is 8.41. The molecule has 1 heterocycles. The Morgan fingerprint density at radius 3 is 2.65 bits per heavy atom. The van der Waals surface area contributed by atoms with Gasteiger partial charge in [-0.05, 0) is 49.9 Å². The summed E-state index contributed by atoms with van der Waals surface area (Å²) < 4.78 is 10.9. The molecule has 2 atom stereocenters. The van der Waals surface area contributed by atoms with E-state index < -0.39 is 12.0 Å². The second kappa shape index (κ2) is 9.53. The third-order valence-electron chi connectivity index (χ3n) is 4.28. The van der Waals surface area contributed by atoms with Crippen molar-refractivity contribution >= 4 is 5.97 Å². The molecule has 0 radical (unpaired) electrons. The summed E-state index contributed by atoms with van der Waals surface area (Å²) in [4.78, 5) is 11.0. The van der Waals surface area contributed by atoms with Crippen LogP contribution in [0.5, 0.6) is 5.75 Å². The molecule has 0 bridgehead atoms. The van der Waals surface area contributed by atoms with Gasteiger partial charge in [-0.3, -0.25) is 4.79 Å². The van der Waals surface area contributed by atoms with E-state index in [2.05, 4.69) is 17.4 Å². The Balaban J connectivity index is 1.51. The minimum absolute atomic E-state index is 0.174. The Morgan fingerprint density at radius 1 is 1.22 bits per heavy atom. The molecule has 0 aromatic heterocycles. The fourth-order valence-corrected chi connectivity index (χ4v) is 2.92. The molecule has 1 aromatic rings. The largest absolute Gasteiger partial charge is 0.497 e. The van der Waals surface area contributed by atoms with Gasteiger partial charge in [0.1, 0.15) is 11.8 Å². The predicted octanol–water partition coefficient (Wildman–Crippen LogP) is 2.63. The van der Waals surface area contributed by atoms with E-state index in [1.165, 1.54) is 12.0 Å². The van der Waals surface area contributed by atoms with Crippen LogP contribution >= 0.6 is 0 Å². The van der Waals surface area contributed by atoms with Crippen LogP contribution in [0.3, 0.4) is 0 Å². The highest BCUT2D eigenvalue weighted by atomic mass is 16.5. The summed E-state index contributed by atoms with van der Waals surface area (Å²) in [7, 11) is 1.68. The molecule has 128 valence electrons. The molecule has 1 aliphatic heterocycles. The number of aryl methyl sites for hydroxylation is 1. The van der Waals surface area contributed by atoms with Crippen LogP contribution < -0.4 is 10.1 Å². The highest BCUT2D eigenvalue weighted by molar-refractivity contribution is 5.74. The molecule has 2 N–H and O–H groups in total. The number of unbranched alkanes of at least 4 members (excludes halogenated alkanes) is 3. The molecule has 1 saturated heterocycles. The Hall–Kier alpha value is -1.59. The van der Waals surface area contributed by atoms with Crippen molar-refractivity contribution in [3.63, 3.8) is 0 Å². The Labute approximate surface area is 138 Å². The van der Waals surface area contributed by atoms with Crippen molar-refractivity contribution in [3.8, 4) is 5.75 Å². The highest BCUT2D eigenvalue weighted by Gasteiger charge is 2.32. The summed E-state index contributed by atoms with van der Waals surface area (Å²) in [5.74, 6) is 0.0824. The molecule has 0 spiro atoms. The van der Waals surface area contributed by atoms with Crippen LogP contribution in [-0.2, 0) is 16.0 Å². The van der Waals surface area contributed by atoms with Crippen LogP contribution in [0.4, 0.5) is 0 Å². The lowest BCUT2D eigenvalue weighted by atomic mass is 10.1. The standard InChI is InChI=1S/C18H27NO4/c1-22-15-9-7-14(8-10-15)6-4-2-3-5-13-23-16-11-12-19-17(16)18(20)21/h7-10,16-17,19H,2-6,11-13H2,1H3,(H,20,21)/t16?,17-/m0/s1. The van der Waals surface area contributed by atoms with Crippen LogP contribution in [-0.4, -0.2) is 43.5 Å². The number of methoxy groups -OCH3 is 1. The minimum atomic E-state index is -0.813. The Bertz CT molecular complexity index is 474. The second-order valence-corrected chi connectivity index (χ2v) is 5.98. The molecular weight excluding hydrogens is 294 g/mol. The van der Waals surface area contributed by atoms with E-state index in [1.54, 1.807) is 7.11 Å². The predicted molar refractivity (Wildman–Crippen MR) is 88.9 cm³/mol. The summed E-state index contributed by atoms with van der Waals surface area (Å²) in [6.45, 7) is 1.38. The van der Waals surface area contributed by atoms with Crippen molar-refractivity contribution in [2.45, 2.75) is 50.7 Å². The maximum atomic E-state index is 11.0. The molecule has 23 heavy (non-hydrogen) atoms. The lowest BCUT2D eigenvalue weighted by Gasteiger charge is -2.16. The number of carboxylic acids is 1. The van der Waals surface area contributed by atoms with Gasteiger partial charge in [-0.15, -0.1) is 0 Å². The number of carboxylic acid groups (broad SMARTS) is 1. The van der Waals surface area contributed by atoms with Crippen LogP contribution in [0.15, 0.2) is 24.3 Å². The monoisotopic (exact) mass is 321 g/mol. The van der Waals surface area contributed by atoms with Gasteiger partial charge in [0.05, 0.1) is 13.2 Å². The van der Waals surface area contributed by atoms with E-state index in [0.717, 1.165) is 44.4 Å². The summed E-state index contributed by atoms with van der Waals surface area (Å²) in [6, 6.07) is 7.68. The van der Waals surface area contributed by atoms with Crippen molar-refractivity contribution in [1.82, 2.24) is 5.32 Å². The number of benzene rings is 1. The first-order valence-corrected chi connectivity index (χ1v) is 8.41. The van der Waals surface area contributed by atoms with Gasteiger partial charge in [0.2, 0.25) is 0 Å². The van der Waals surface area contributed by atoms with Gasteiger partial charge in [0.15, 0.2) is 0 Å². The van der Waals surface area contributed by atoms with E-state index in [4.69, 9.17) is 14.6 Å². The summed E-state index contributed by atoms with van der Waals surface area (Å²) >= 11 is 0. The quantitative estimate of drug-likeness (QED) is 0.649. The smallest absolute Gasteiger partial charge is 0.323 e. The Morgan fingerprint density at radius 2 is 1.96 bits per heavy atom. The molecule has 0 aliphatic carbocycles. The zero-order valence-corrected chi connectivity index (χ0v) is 13.8. The molecule has 0 saturated carbocycles. The number of aliphatic carboxylic acids is 1. The number of hydrogen-bond donors (Lipinski definition) is 2. The number of rotatable bonds is 10. The van der Waals surface area contributed by atoms with E-state index in [9.17, 15) is 4.79 Å². The van der Waals surface area contributed by atoms with Crippen LogP contribution in [0.2, 0.25) is 0 Å². The minimum Gasteiger partial charge on any atom is -0.497 e. The van der Waals surface area contributed by atoms with E-state index in [0.29, 0.717) is 6.61 Å².